The first-order chi connectivity index (χ1) is 16.8. The number of thiazole rings is 1. The van der Waals surface area contributed by atoms with Gasteiger partial charge in [0.2, 0.25) is 4.96 Å². The van der Waals surface area contributed by atoms with Gasteiger partial charge in [0.1, 0.15) is 22.8 Å². The van der Waals surface area contributed by atoms with E-state index in [2.05, 4.69) is 30.8 Å². The molecule has 14 nitrogen and oxygen atoms in total. The molecular weight excluding hydrogens is 539 g/mol. The van der Waals surface area contributed by atoms with E-state index >= 15 is 0 Å². The fraction of sp³-hybridized carbons (Fsp3) is 0.294. The number of aryl methyl sites for hydroxylation is 1. The van der Waals surface area contributed by atoms with E-state index in [4.69, 9.17) is 5.73 Å². The lowest BCUT2D eigenvalue weighted by atomic mass is 10.0. The van der Waals surface area contributed by atoms with E-state index in [0.717, 1.165) is 11.3 Å². The van der Waals surface area contributed by atoms with Gasteiger partial charge in [0.05, 0.1) is 0 Å². The van der Waals surface area contributed by atoms with Crippen LogP contribution < -0.4 is 11.1 Å². The van der Waals surface area contributed by atoms with Crippen molar-refractivity contribution in [2.75, 3.05) is 17.2 Å². The number of β-lactam (4-membered cyclic amide) rings is 1. The zero-order valence-electron chi connectivity index (χ0n) is 17.6. The zero-order chi connectivity index (χ0) is 24.9. The quantitative estimate of drug-likeness (QED) is 0.102. The monoisotopic (exact) mass is 553 g/mol. The highest BCUT2D eigenvalue weighted by Crippen LogP contribution is 2.42. The number of aromatic nitrogens is 5. The molecule has 5 rings (SSSR count). The number of hydrogen-bond donors (Lipinski definition) is 4. The molecule has 0 bridgehead atoms. The summed E-state index contributed by atoms with van der Waals surface area (Å²) in [7, 11) is 0. The van der Waals surface area contributed by atoms with E-state index in [1.807, 2.05) is 0 Å². The minimum Gasteiger partial charge on any atom is -0.477 e. The van der Waals surface area contributed by atoms with Crippen LogP contribution in [0.2, 0.25) is 0 Å². The summed E-state index contributed by atoms with van der Waals surface area (Å²) in [4.78, 5) is 43.3. The third-order valence-corrected chi connectivity index (χ3v) is 9.25. The molecule has 1 fully saturated rings. The molecule has 35 heavy (non-hydrogen) atoms. The summed E-state index contributed by atoms with van der Waals surface area (Å²) >= 11 is 5.08. The Labute approximate surface area is 212 Å². The molecule has 0 unspecified atom stereocenters. The number of carbonyl (C=O) groups excluding carboxylic acids is 2. The lowest BCUT2D eigenvalue weighted by molar-refractivity contribution is -0.150. The van der Waals surface area contributed by atoms with E-state index in [0.29, 0.717) is 32.2 Å². The molecular formula is C17H15N9O5S4. The lowest BCUT2D eigenvalue weighted by Gasteiger charge is -2.49. The summed E-state index contributed by atoms with van der Waals surface area (Å²) in [5, 5.41) is 38.0. The number of rotatable bonds is 7. The predicted molar refractivity (Wildman–Crippen MR) is 129 cm³/mol. The molecule has 0 aromatic carbocycles. The maximum atomic E-state index is 12.9. The van der Waals surface area contributed by atoms with Gasteiger partial charge in [0, 0.05) is 16.9 Å². The van der Waals surface area contributed by atoms with Crippen LogP contribution in [0, 0.1) is 6.92 Å². The Morgan fingerprint density at radius 2 is 2.20 bits per heavy atom. The van der Waals surface area contributed by atoms with Gasteiger partial charge in [0.15, 0.2) is 21.0 Å². The number of carboxylic acids is 1. The van der Waals surface area contributed by atoms with Crippen LogP contribution in [0.4, 0.5) is 5.13 Å². The van der Waals surface area contributed by atoms with Crippen molar-refractivity contribution in [2.24, 2.45) is 5.16 Å². The number of amides is 2. The number of aliphatic carboxylic acids is 1. The number of nitrogens with two attached hydrogens (primary N) is 1. The van der Waals surface area contributed by atoms with Crippen molar-refractivity contribution in [3.8, 4) is 0 Å². The normalized spacial score (nSPS) is 20.2. The van der Waals surface area contributed by atoms with E-state index in [1.165, 1.54) is 45.1 Å². The van der Waals surface area contributed by atoms with Crippen LogP contribution >= 0.6 is 46.2 Å². The van der Waals surface area contributed by atoms with E-state index in [9.17, 15) is 24.7 Å². The van der Waals surface area contributed by atoms with Gasteiger partial charge in [-0.15, -0.1) is 38.4 Å². The SMILES string of the molecule is Cc1nnc2sc(SCC3=C(C(=O)O)N4C(=O)[C@@H](NC(=O)/C(=N\O)c5csc(N)n5)[C@H]4SC3)nn12. The van der Waals surface area contributed by atoms with Gasteiger partial charge in [-0.2, -0.15) is 4.52 Å². The van der Waals surface area contributed by atoms with Gasteiger partial charge in [-0.25, -0.2) is 9.78 Å². The van der Waals surface area contributed by atoms with Gasteiger partial charge < -0.3 is 21.4 Å². The summed E-state index contributed by atoms with van der Waals surface area (Å²) in [6, 6.07) is -0.981. The fourth-order valence-electron chi connectivity index (χ4n) is 3.52. The maximum Gasteiger partial charge on any atom is 0.352 e. The molecule has 1 saturated heterocycles. The van der Waals surface area contributed by atoms with Crippen LogP contribution in [0.1, 0.15) is 11.5 Å². The first kappa shape index (κ1) is 23.5. The molecule has 5 heterocycles. The highest BCUT2D eigenvalue weighted by molar-refractivity contribution is 8.02. The average molecular weight is 554 g/mol. The topological polar surface area (TPSA) is 201 Å². The van der Waals surface area contributed by atoms with Crippen LogP contribution in [-0.4, -0.2) is 86.4 Å². The summed E-state index contributed by atoms with van der Waals surface area (Å²) in [5.74, 6) is -1.30. The number of oxime groups is 1. The van der Waals surface area contributed by atoms with E-state index < -0.39 is 34.9 Å². The smallest absolute Gasteiger partial charge is 0.352 e. The van der Waals surface area contributed by atoms with Gasteiger partial charge in [-0.3, -0.25) is 14.5 Å². The Balaban J connectivity index is 1.30. The number of carbonyl (C=O) groups is 3. The van der Waals surface area contributed by atoms with Crippen molar-refractivity contribution >= 4 is 79.8 Å². The molecule has 182 valence electrons. The molecule has 2 aliphatic rings. The summed E-state index contributed by atoms with van der Waals surface area (Å²) in [6.45, 7) is 1.78. The van der Waals surface area contributed by atoms with Gasteiger partial charge in [-0.05, 0) is 12.5 Å². The second-order valence-electron chi connectivity index (χ2n) is 7.24. The summed E-state index contributed by atoms with van der Waals surface area (Å²) in [5.41, 5.74) is 5.71. The Morgan fingerprint density at radius 3 is 2.86 bits per heavy atom. The largest absolute Gasteiger partial charge is 0.477 e. The highest BCUT2D eigenvalue weighted by Gasteiger charge is 2.54. The molecule has 2 aliphatic heterocycles. The molecule has 3 aromatic rings. The minimum atomic E-state index is -1.23. The van der Waals surface area contributed by atoms with Crippen LogP contribution in [0.5, 0.6) is 0 Å². The average Bonchev–Trinajstić information content (AvgIpc) is 3.53. The number of nitrogens with zero attached hydrogens (tertiary/aromatic N) is 7. The van der Waals surface area contributed by atoms with Gasteiger partial charge in [-0.1, -0.05) is 28.3 Å². The number of anilines is 1. The summed E-state index contributed by atoms with van der Waals surface area (Å²) in [6.07, 6.45) is 0. The second kappa shape index (κ2) is 9.10. The number of carboxylic acid groups (broad SMARTS) is 1. The molecule has 2 atom stereocenters. The van der Waals surface area contributed by atoms with Crippen molar-refractivity contribution in [1.29, 1.82) is 0 Å². The first-order valence-corrected chi connectivity index (χ1v) is 13.5. The van der Waals surface area contributed by atoms with Crippen molar-refractivity contribution in [1.82, 2.24) is 35.0 Å². The van der Waals surface area contributed by atoms with Gasteiger partial charge >= 0.3 is 5.97 Å². The van der Waals surface area contributed by atoms with Crippen molar-refractivity contribution in [2.45, 2.75) is 22.7 Å². The molecule has 5 N–H and O–H groups in total. The number of fused-ring (bicyclic) bond motifs is 2. The standard InChI is InChI=1S/C17H15N9O5S4/c1-5-21-22-16-26(5)23-17(35-16)34-3-6-2-32-13-9(12(28)25(13)10(6)14(29)30)20-11(27)8(24-31)7-4-33-15(18)19-7/h4,9,13,31H,2-3H2,1H3,(H2,18,19)(H,20,27)(H,29,30)/b24-8-/t9-,13-/m1/s1. The Hall–Kier alpha value is -3.22. The highest BCUT2D eigenvalue weighted by atomic mass is 32.2. The predicted octanol–water partition coefficient (Wildman–Crippen LogP) is 0.242. The van der Waals surface area contributed by atoms with Crippen molar-refractivity contribution in [3.05, 3.63) is 28.2 Å². The molecule has 3 aromatic heterocycles. The van der Waals surface area contributed by atoms with Crippen LogP contribution in [0.25, 0.3) is 4.96 Å². The second-order valence-corrected chi connectivity index (χ2v) is 11.4. The van der Waals surface area contributed by atoms with E-state index in [-0.39, 0.29) is 16.5 Å². The third-order valence-electron chi connectivity index (χ3n) is 5.11. The third kappa shape index (κ3) is 4.11. The first-order valence-electron chi connectivity index (χ1n) is 9.74. The zero-order valence-corrected chi connectivity index (χ0v) is 20.9. The van der Waals surface area contributed by atoms with Crippen LogP contribution in [-0.2, 0) is 14.4 Å². The molecule has 18 heteroatoms. The Morgan fingerprint density at radius 1 is 1.40 bits per heavy atom. The maximum absolute atomic E-state index is 12.9. The molecule has 2 amide bonds. The summed E-state index contributed by atoms with van der Waals surface area (Å²) < 4.78 is 2.31. The number of thioether (sulfide) groups is 2. The van der Waals surface area contributed by atoms with Crippen molar-refractivity contribution < 1.29 is 24.7 Å². The van der Waals surface area contributed by atoms with Crippen LogP contribution in [0.3, 0.4) is 0 Å². The lowest BCUT2D eigenvalue weighted by Crippen LogP contribution is -2.71. The molecule has 0 saturated carbocycles. The molecule has 0 radical (unpaired) electrons. The van der Waals surface area contributed by atoms with Crippen LogP contribution in [0.15, 0.2) is 26.1 Å². The van der Waals surface area contributed by atoms with E-state index in [1.54, 1.807) is 11.4 Å². The van der Waals surface area contributed by atoms with Crippen molar-refractivity contribution in [3.63, 3.8) is 0 Å². The number of nitrogens with one attached hydrogen (secondary N) is 1. The molecule has 0 aliphatic carbocycles. The Kier molecular flexibility index (Phi) is 6.11. The minimum absolute atomic E-state index is 0.0680. The molecule has 0 spiro atoms. The number of hydrogen-bond acceptors (Lipinski definition) is 14. The Bertz CT molecular complexity index is 1430. The van der Waals surface area contributed by atoms with Gasteiger partial charge in [0.25, 0.3) is 11.8 Å². The fourth-order valence-corrected chi connectivity index (χ4v) is 7.47. The number of nitrogen functional groups attached to an aromatic ring is 1.